The number of rotatable bonds is 14. The zero-order valence-corrected chi connectivity index (χ0v) is 16.2. The minimum Gasteiger partial charge on any atom is -0.378 e. The fourth-order valence-corrected chi connectivity index (χ4v) is 2.09. The average Bonchev–Trinajstić information content (AvgIpc) is 2.42. The van der Waals surface area contributed by atoms with E-state index in [9.17, 15) is 4.79 Å². The van der Waals surface area contributed by atoms with Gasteiger partial charge in [0.1, 0.15) is 0 Å². The van der Waals surface area contributed by atoms with Crippen LogP contribution in [-0.4, -0.2) is 37.9 Å². The van der Waals surface area contributed by atoms with Gasteiger partial charge in [0.2, 0.25) is 5.91 Å². The molecule has 1 N–H and O–H groups in total. The first kappa shape index (κ1) is 22.4. The van der Waals surface area contributed by atoms with Gasteiger partial charge >= 0.3 is 0 Å². The van der Waals surface area contributed by atoms with E-state index in [0.29, 0.717) is 25.6 Å². The van der Waals surface area contributed by atoms with Gasteiger partial charge in [0.25, 0.3) is 0 Å². The van der Waals surface area contributed by atoms with Crippen LogP contribution in [0.25, 0.3) is 0 Å². The predicted octanol–water partition coefficient (Wildman–Crippen LogP) is 4.18. The lowest BCUT2D eigenvalue weighted by Crippen LogP contribution is -2.32. The van der Waals surface area contributed by atoms with E-state index in [1.807, 2.05) is 13.8 Å². The van der Waals surface area contributed by atoms with Crippen molar-refractivity contribution in [2.24, 2.45) is 11.8 Å². The Bertz CT molecular complexity index is 301. The van der Waals surface area contributed by atoms with Crippen LogP contribution in [-0.2, 0) is 14.3 Å². The van der Waals surface area contributed by atoms with Crippen molar-refractivity contribution in [2.75, 3.05) is 26.4 Å². The van der Waals surface area contributed by atoms with E-state index in [1.54, 1.807) is 0 Å². The summed E-state index contributed by atoms with van der Waals surface area (Å²) in [5, 5.41) is 2.95. The third-order valence-corrected chi connectivity index (χ3v) is 3.64. The molecular formula is C19H39NO3. The summed E-state index contributed by atoms with van der Waals surface area (Å²) in [4.78, 5) is 11.7. The molecule has 0 aliphatic carbocycles. The summed E-state index contributed by atoms with van der Waals surface area (Å²) in [5.74, 6) is 1.47. The maximum atomic E-state index is 11.7. The zero-order valence-electron chi connectivity index (χ0n) is 16.2. The average molecular weight is 330 g/mol. The molecule has 0 fully saturated rings. The molecule has 0 rings (SSSR count). The third-order valence-electron chi connectivity index (χ3n) is 3.64. The molecule has 0 atom stereocenters. The molecule has 23 heavy (non-hydrogen) atoms. The first-order valence-corrected chi connectivity index (χ1v) is 9.21. The van der Waals surface area contributed by atoms with Gasteiger partial charge in [0.05, 0.1) is 18.8 Å². The van der Waals surface area contributed by atoms with E-state index < -0.39 is 0 Å². The predicted molar refractivity (Wildman–Crippen MR) is 96.6 cm³/mol. The highest BCUT2D eigenvalue weighted by molar-refractivity contribution is 5.75. The normalized spacial score (nSPS) is 12.2. The van der Waals surface area contributed by atoms with Crippen LogP contribution in [0.1, 0.15) is 73.6 Å². The number of carbonyl (C=O) groups is 1. The lowest BCUT2D eigenvalue weighted by molar-refractivity contribution is -0.123. The molecule has 0 aliphatic heterocycles. The smallest absolute Gasteiger partial charge is 0.222 e. The van der Waals surface area contributed by atoms with Crippen LogP contribution in [0.5, 0.6) is 0 Å². The number of hydrogen-bond donors (Lipinski definition) is 1. The quantitative estimate of drug-likeness (QED) is 0.486. The van der Waals surface area contributed by atoms with E-state index in [4.69, 9.17) is 9.47 Å². The molecule has 0 heterocycles. The van der Waals surface area contributed by atoms with Gasteiger partial charge in [0.15, 0.2) is 0 Å². The van der Waals surface area contributed by atoms with E-state index in [0.717, 1.165) is 31.9 Å². The van der Waals surface area contributed by atoms with Crippen LogP contribution in [0, 0.1) is 11.8 Å². The van der Waals surface area contributed by atoms with Gasteiger partial charge in [-0.1, -0.05) is 40.5 Å². The van der Waals surface area contributed by atoms with Crippen molar-refractivity contribution < 1.29 is 14.3 Å². The number of ether oxygens (including phenoxy) is 2. The molecule has 1 amide bonds. The fraction of sp³-hybridized carbons (Fsp3) is 0.947. The highest BCUT2D eigenvalue weighted by Crippen LogP contribution is 2.12. The van der Waals surface area contributed by atoms with Crippen LogP contribution in [0.15, 0.2) is 0 Å². The van der Waals surface area contributed by atoms with Crippen molar-refractivity contribution in [2.45, 2.75) is 79.2 Å². The van der Waals surface area contributed by atoms with Gasteiger partial charge in [0, 0.05) is 19.6 Å². The summed E-state index contributed by atoms with van der Waals surface area (Å²) in [6.07, 6.45) is 4.94. The zero-order chi connectivity index (χ0) is 17.7. The van der Waals surface area contributed by atoms with Crippen LogP contribution < -0.4 is 5.32 Å². The van der Waals surface area contributed by atoms with Crippen LogP contribution in [0.3, 0.4) is 0 Å². The summed E-state index contributed by atoms with van der Waals surface area (Å²) in [7, 11) is 0. The first-order chi connectivity index (χ1) is 10.7. The lowest BCUT2D eigenvalue weighted by Gasteiger charge is -2.25. The topological polar surface area (TPSA) is 47.6 Å². The molecule has 4 heteroatoms. The summed E-state index contributed by atoms with van der Waals surface area (Å²) >= 11 is 0. The summed E-state index contributed by atoms with van der Waals surface area (Å²) < 4.78 is 11.4. The Hall–Kier alpha value is -0.610. The highest BCUT2D eigenvalue weighted by atomic mass is 16.5. The molecule has 0 radical (unpaired) electrons. The Labute approximate surface area is 143 Å². The Morgan fingerprint density at radius 3 is 2.26 bits per heavy atom. The summed E-state index contributed by atoms with van der Waals surface area (Å²) in [5.41, 5.74) is -0.289. The minimum absolute atomic E-state index is 0.0769. The second kappa shape index (κ2) is 12.8. The second-order valence-corrected chi connectivity index (χ2v) is 7.83. The van der Waals surface area contributed by atoms with Crippen LogP contribution >= 0.6 is 0 Å². The molecule has 0 saturated heterocycles. The maximum Gasteiger partial charge on any atom is 0.222 e. The van der Waals surface area contributed by atoms with Crippen molar-refractivity contribution >= 4 is 5.91 Å². The molecular weight excluding hydrogens is 290 g/mol. The molecule has 0 aromatic rings. The number of carbonyl (C=O) groups excluding carboxylic acids is 1. The maximum absolute atomic E-state index is 11.7. The summed E-state index contributed by atoms with van der Waals surface area (Å²) in [6, 6.07) is 0. The van der Waals surface area contributed by atoms with E-state index in [-0.39, 0.29) is 11.5 Å². The first-order valence-electron chi connectivity index (χ1n) is 9.21. The fourth-order valence-electron chi connectivity index (χ4n) is 2.09. The van der Waals surface area contributed by atoms with E-state index in [2.05, 4.69) is 33.0 Å². The Balaban J connectivity index is 3.56. The monoisotopic (exact) mass is 329 g/mol. The van der Waals surface area contributed by atoms with Gasteiger partial charge in [-0.25, -0.2) is 0 Å². The minimum atomic E-state index is -0.289. The molecule has 0 saturated carbocycles. The number of hydrogen-bond acceptors (Lipinski definition) is 3. The molecule has 138 valence electrons. The molecule has 0 aromatic heterocycles. The van der Waals surface area contributed by atoms with Crippen LogP contribution in [0.4, 0.5) is 0 Å². The van der Waals surface area contributed by atoms with Gasteiger partial charge in [-0.2, -0.15) is 0 Å². The Morgan fingerprint density at radius 2 is 1.65 bits per heavy atom. The lowest BCUT2D eigenvalue weighted by atomic mass is 10.1. The highest BCUT2D eigenvalue weighted by Gasteiger charge is 2.18. The standard InChI is InChI=1S/C19H39NO3/c1-16(2)9-7-8-12-20-18(21)11-13-22-15-19(5,6)23-14-10-17(3)4/h16-17H,7-15H2,1-6H3,(H,20,21). The van der Waals surface area contributed by atoms with E-state index >= 15 is 0 Å². The van der Waals surface area contributed by atoms with Crippen LogP contribution in [0.2, 0.25) is 0 Å². The molecule has 0 spiro atoms. The molecule has 0 aromatic carbocycles. The third kappa shape index (κ3) is 16.0. The van der Waals surface area contributed by atoms with E-state index in [1.165, 1.54) is 12.8 Å². The number of nitrogens with one attached hydrogen (secondary N) is 1. The van der Waals surface area contributed by atoms with Gasteiger partial charge in [-0.15, -0.1) is 0 Å². The Kier molecular flexibility index (Phi) is 12.4. The molecule has 0 unspecified atom stereocenters. The molecule has 0 aliphatic rings. The second-order valence-electron chi connectivity index (χ2n) is 7.83. The van der Waals surface area contributed by atoms with Gasteiger partial charge < -0.3 is 14.8 Å². The number of amides is 1. The number of unbranched alkanes of at least 4 members (excludes halogenated alkanes) is 1. The van der Waals surface area contributed by atoms with Crippen molar-refractivity contribution in [3.63, 3.8) is 0 Å². The van der Waals surface area contributed by atoms with Crippen molar-refractivity contribution in [3.8, 4) is 0 Å². The molecule has 4 nitrogen and oxygen atoms in total. The SMILES string of the molecule is CC(C)CCCCNC(=O)CCOCC(C)(C)OCCC(C)C. The Morgan fingerprint density at radius 1 is 1.00 bits per heavy atom. The largest absolute Gasteiger partial charge is 0.378 e. The van der Waals surface area contributed by atoms with Crippen molar-refractivity contribution in [1.82, 2.24) is 5.32 Å². The summed E-state index contributed by atoms with van der Waals surface area (Å²) in [6.45, 7) is 15.4. The van der Waals surface area contributed by atoms with Gasteiger partial charge in [-0.3, -0.25) is 4.79 Å². The van der Waals surface area contributed by atoms with Crippen molar-refractivity contribution in [1.29, 1.82) is 0 Å². The van der Waals surface area contributed by atoms with Crippen molar-refractivity contribution in [3.05, 3.63) is 0 Å². The molecule has 0 bridgehead atoms. The van der Waals surface area contributed by atoms with Gasteiger partial charge in [-0.05, 0) is 38.5 Å².